The van der Waals surface area contributed by atoms with Crippen molar-refractivity contribution in [1.29, 1.82) is 0 Å². The van der Waals surface area contributed by atoms with Crippen LogP contribution in [0.3, 0.4) is 0 Å². The van der Waals surface area contributed by atoms with Crippen molar-refractivity contribution in [2.45, 2.75) is 52.0 Å². The number of ether oxygens (including phenoxy) is 3. The molecule has 0 saturated heterocycles. The molecule has 5 atom stereocenters. The first-order chi connectivity index (χ1) is 17.0. The summed E-state index contributed by atoms with van der Waals surface area (Å²) in [5.74, 6) is 0.865. The molecule has 7 nitrogen and oxygen atoms in total. The minimum Gasteiger partial charge on any atom is -0.493 e. The lowest BCUT2D eigenvalue weighted by Gasteiger charge is -2.40. The Bertz CT molecular complexity index is 1030. The zero-order chi connectivity index (χ0) is 26.6. The van der Waals surface area contributed by atoms with Crippen LogP contribution in [0.4, 0.5) is 5.69 Å². The fourth-order valence-corrected chi connectivity index (χ4v) is 7.37. The van der Waals surface area contributed by atoms with E-state index in [0.29, 0.717) is 40.0 Å². The molecule has 200 valence electrons. The van der Waals surface area contributed by atoms with Gasteiger partial charge in [0.1, 0.15) is 0 Å². The van der Waals surface area contributed by atoms with E-state index in [9.17, 15) is 9.67 Å². The molecule has 0 unspecified atom stereocenters. The van der Waals surface area contributed by atoms with Crippen LogP contribution in [0, 0.1) is 17.8 Å². The normalized spacial score (nSPS) is 22.6. The highest BCUT2D eigenvalue weighted by Crippen LogP contribution is 2.61. The average Bonchev–Trinajstić information content (AvgIpc) is 2.87. The molecule has 0 aromatic heterocycles. The van der Waals surface area contributed by atoms with Gasteiger partial charge in [-0.25, -0.2) is 0 Å². The quantitative estimate of drug-likeness (QED) is 0.395. The first kappa shape index (κ1) is 28.4. The Hall–Kier alpha value is -2.21. The molecule has 0 amide bonds. The standard InChI is InChI=1S/C28H42NO6P/c1-18(2)23-14-9-19(3)15-24(23)35-36(31,22-12-10-21(11-13-22)29(4)5)28(30)20-16-25(32-6)27(34-8)26(17-20)33-7/h10-13,16-19,23-24,28,30H,9,14-15H2,1-8H3/t19-,23-,24+,28-,36-/m0/s1. The zero-order valence-electron chi connectivity index (χ0n) is 22.9. The topological polar surface area (TPSA) is 77.5 Å². The van der Waals surface area contributed by atoms with Crippen molar-refractivity contribution >= 4 is 18.4 Å². The van der Waals surface area contributed by atoms with Crippen LogP contribution in [0.15, 0.2) is 36.4 Å². The van der Waals surface area contributed by atoms with Crippen LogP contribution in [0.5, 0.6) is 17.2 Å². The summed E-state index contributed by atoms with van der Waals surface area (Å²) < 4.78 is 37.9. The largest absolute Gasteiger partial charge is 0.493 e. The maximum Gasteiger partial charge on any atom is 0.264 e. The van der Waals surface area contributed by atoms with Crippen molar-refractivity contribution in [1.82, 2.24) is 0 Å². The molecule has 1 N–H and O–H groups in total. The van der Waals surface area contributed by atoms with Crippen LogP contribution in [0.2, 0.25) is 0 Å². The molecule has 1 saturated carbocycles. The van der Waals surface area contributed by atoms with Crippen LogP contribution in [0.1, 0.15) is 51.4 Å². The molecule has 0 aliphatic heterocycles. The van der Waals surface area contributed by atoms with Gasteiger partial charge in [0, 0.05) is 25.1 Å². The number of nitrogens with zero attached hydrogens (tertiary/aromatic N) is 1. The van der Waals surface area contributed by atoms with Gasteiger partial charge in [0.05, 0.1) is 27.4 Å². The van der Waals surface area contributed by atoms with Gasteiger partial charge in [-0.2, -0.15) is 0 Å². The number of hydrogen-bond donors (Lipinski definition) is 1. The van der Waals surface area contributed by atoms with Crippen LogP contribution in [0.25, 0.3) is 0 Å². The maximum atomic E-state index is 14.9. The van der Waals surface area contributed by atoms with Crippen molar-refractivity contribution in [3.63, 3.8) is 0 Å². The minimum absolute atomic E-state index is 0.218. The third kappa shape index (κ3) is 5.85. The van der Waals surface area contributed by atoms with E-state index < -0.39 is 13.2 Å². The molecule has 8 heteroatoms. The van der Waals surface area contributed by atoms with Crippen molar-refractivity contribution in [2.75, 3.05) is 40.3 Å². The van der Waals surface area contributed by atoms with Gasteiger partial charge in [-0.3, -0.25) is 4.57 Å². The van der Waals surface area contributed by atoms with Crippen LogP contribution < -0.4 is 24.4 Å². The van der Waals surface area contributed by atoms with Gasteiger partial charge < -0.3 is 28.7 Å². The number of aliphatic hydroxyl groups is 1. The van der Waals surface area contributed by atoms with E-state index in [1.807, 2.05) is 31.1 Å². The highest BCUT2D eigenvalue weighted by atomic mass is 31.2. The second-order valence-electron chi connectivity index (χ2n) is 10.3. The van der Waals surface area contributed by atoms with Gasteiger partial charge in [-0.05, 0) is 72.6 Å². The van der Waals surface area contributed by atoms with Crippen molar-refractivity contribution in [3.05, 3.63) is 42.0 Å². The van der Waals surface area contributed by atoms with Gasteiger partial charge in [0.25, 0.3) is 7.37 Å². The van der Waals surface area contributed by atoms with E-state index in [-0.39, 0.29) is 12.0 Å². The maximum absolute atomic E-state index is 14.9. The Balaban J connectivity index is 2.13. The molecule has 0 spiro atoms. The Labute approximate surface area is 216 Å². The monoisotopic (exact) mass is 519 g/mol. The molecule has 36 heavy (non-hydrogen) atoms. The fourth-order valence-electron chi connectivity index (χ4n) is 5.10. The van der Waals surface area contributed by atoms with Crippen LogP contribution in [-0.2, 0) is 9.09 Å². The Kier molecular flexibility index (Phi) is 9.37. The SMILES string of the molecule is COc1cc([C@@H](O)[P@@](=O)(O[C@@H]2C[C@@H](C)CC[C@H]2C(C)C)c2ccc(N(C)C)cc2)cc(OC)c1OC. The summed E-state index contributed by atoms with van der Waals surface area (Å²) in [6.45, 7) is 6.58. The van der Waals surface area contributed by atoms with Gasteiger partial charge in [-0.1, -0.05) is 27.2 Å². The Morgan fingerprint density at radius 3 is 2.03 bits per heavy atom. The predicted octanol–water partition coefficient (Wildman–Crippen LogP) is 5.85. The van der Waals surface area contributed by atoms with E-state index in [1.54, 1.807) is 24.3 Å². The summed E-state index contributed by atoms with van der Waals surface area (Å²) in [5.41, 5.74) is 1.35. The number of aliphatic hydroxyl groups excluding tert-OH is 1. The molecule has 1 fully saturated rings. The second kappa shape index (κ2) is 11.9. The first-order valence-corrected chi connectivity index (χ1v) is 14.3. The summed E-state index contributed by atoms with van der Waals surface area (Å²) in [7, 11) is 4.64. The van der Waals surface area contributed by atoms with E-state index in [0.717, 1.165) is 24.9 Å². The van der Waals surface area contributed by atoms with Crippen molar-refractivity contribution < 1.29 is 28.4 Å². The zero-order valence-corrected chi connectivity index (χ0v) is 23.7. The molecular weight excluding hydrogens is 477 g/mol. The number of rotatable bonds is 10. The number of anilines is 1. The highest BCUT2D eigenvalue weighted by Gasteiger charge is 2.43. The number of methoxy groups -OCH3 is 3. The van der Waals surface area contributed by atoms with Gasteiger partial charge in [0.2, 0.25) is 5.75 Å². The van der Waals surface area contributed by atoms with E-state index in [1.165, 1.54) is 21.3 Å². The van der Waals surface area contributed by atoms with E-state index in [2.05, 4.69) is 20.8 Å². The molecule has 0 radical (unpaired) electrons. The summed E-state index contributed by atoms with van der Waals surface area (Å²) in [4.78, 5) is 1.98. The van der Waals surface area contributed by atoms with E-state index in [4.69, 9.17) is 18.7 Å². The summed E-state index contributed by atoms with van der Waals surface area (Å²) in [6, 6.07) is 10.7. The lowest BCUT2D eigenvalue weighted by Crippen LogP contribution is -2.35. The highest BCUT2D eigenvalue weighted by molar-refractivity contribution is 7.67. The fraction of sp³-hybridized carbons (Fsp3) is 0.571. The van der Waals surface area contributed by atoms with Gasteiger partial charge in [-0.15, -0.1) is 0 Å². The number of hydrogen-bond acceptors (Lipinski definition) is 7. The van der Waals surface area contributed by atoms with Gasteiger partial charge >= 0.3 is 0 Å². The van der Waals surface area contributed by atoms with Crippen LogP contribution in [-0.4, -0.2) is 46.6 Å². The summed E-state index contributed by atoms with van der Waals surface area (Å²) >= 11 is 0. The molecule has 1 aliphatic carbocycles. The molecule has 0 bridgehead atoms. The first-order valence-electron chi connectivity index (χ1n) is 12.6. The molecule has 2 aromatic rings. The molecule has 0 heterocycles. The third-order valence-corrected chi connectivity index (χ3v) is 9.83. The van der Waals surface area contributed by atoms with Crippen molar-refractivity contribution in [3.8, 4) is 17.2 Å². The van der Waals surface area contributed by atoms with Gasteiger partial charge in [0.15, 0.2) is 17.3 Å². The Morgan fingerprint density at radius 2 is 1.56 bits per heavy atom. The van der Waals surface area contributed by atoms with E-state index >= 15 is 0 Å². The molecule has 3 rings (SSSR count). The van der Waals surface area contributed by atoms with Crippen molar-refractivity contribution in [2.24, 2.45) is 17.8 Å². The summed E-state index contributed by atoms with van der Waals surface area (Å²) in [5, 5.41) is 12.2. The van der Waals surface area contributed by atoms with Crippen LogP contribution >= 0.6 is 7.37 Å². The predicted molar refractivity (Wildman–Crippen MR) is 145 cm³/mol. The molecular formula is C28H42NO6P. The third-order valence-electron chi connectivity index (χ3n) is 7.29. The number of benzene rings is 2. The Morgan fingerprint density at radius 1 is 0.972 bits per heavy atom. The second-order valence-corrected chi connectivity index (χ2v) is 12.7. The molecule has 1 aliphatic rings. The lowest BCUT2D eigenvalue weighted by atomic mass is 9.75. The average molecular weight is 520 g/mol. The molecule has 2 aromatic carbocycles. The smallest absolute Gasteiger partial charge is 0.264 e. The lowest BCUT2D eigenvalue weighted by molar-refractivity contribution is 0.0427. The minimum atomic E-state index is -3.81. The summed E-state index contributed by atoms with van der Waals surface area (Å²) in [6.07, 6.45) is 2.73.